The summed E-state index contributed by atoms with van der Waals surface area (Å²) in [6, 6.07) is 3.25. The van der Waals surface area contributed by atoms with Crippen LogP contribution in [0.1, 0.15) is 24.0 Å². The lowest BCUT2D eigenvalue weighted by molar-refractivity contribution is 0.621. The third-order valence-corrected chi connectivity index (χ3v) is 3.62. The van der Waals surface area contributed by atoms with Gasteiger partial charge in [0.1, 0.15) is 5.82 Å². The molecular formula is C11H13ClFN. The van der Waals surface area contributed by atoms with Crippen molar-refractivity contribution in [3.05, 3.63) is 34.1 Å². The summed E-state index contributed by atoms with van der Waals surface area (Å²) in [5.74, 6) is -0.347. The molecule has 1 nitrogen and oxygen atoms in total. The normalized spacial score (nSPS) is 18.3. The van der Waals surface area contributed by atoms with E-state index in [1.165, 1.54) is 6.07 Å². The maximum Gasteiger partial charge on any atom is 0.142 e. The van der Waals surface area contributed by atoms with E-state index >= 15 is 0 Å². The highest BCUT2D eigenvalue weighted by Crippen LogP contribution is 2.49. The lowest BCUT2D eigenvalue weighted by Crippen LogP contribution is -2.21. The zero-order chi connectivity index (χ0) is 10.3. The van der Waals surface area contributed by atoms with Gasteiger partial charge in [-0.25, -0.2) is 4.39 Å². The molecule has 3 heteroatoms. The first-order chi connectivity index (χ1) is 6.60. The minimum atomic E-state index is -0.347. The largest absolute Gasteiger partial charge is 0.330 e. The van der Waals surface area contributed by atoms with Crippen molar-refractivity contribution in [1.29, 1.82) is 0 Å². The summed E-state index contributed by atoms with van der Waals surface area (Å²) >= 11 is 5.86. The Morgan fingerprint density at radius 1 is 1.50 bits per heavy atom. The maximum atomic E-state index is 13.1. The van der Waals surface area contributed by atoms with Crippen molar-refractivity contribution in [1.82, 2.24) is 0 Å². The van der Waals surface area contributed by atoms with Crippen molar-refractivity contribution in [2.45, 2.75) is 25.2 Å². The van der Waals surface area contributed by atoms with E-state index in [4.69, 9.17) is 17.3 Å². The monoisotopic (exact) mass is 213 g/mol. The molecule has 1 aliphatic rings. The van der Waals surface area contributed by atoms with Crippen LogP contribution in [0.25, 0.3) is 0 Å². The van der Waals surface area contributed by atoms with Gasteiger partial charge in [-0.05, 0) is 37.0 Å². The van der Waals surface area contributed by atoms with E-state index in [9.17, 15) is 4.39 Å². The molecule has 0 spiro atoms. The number of halogens is 2. The highest BCUT2D eigenvalue weighted by Gasteiger charge is 2.44. The molecular weight excluding hydrogens is 201 g/mol. The molecule has 0 aromatic heterocycles. The van der Waals surface area contributed by atoms with Crippen molar-refractivity contribution < 1.29 is 4.39 Å². The van der Waals surface area contributed by atoms with E-state index in [1.807, 2.05) is 13.0 Å². The van der Waals surface area contributed by atoms with Crippen molar-refractivity contribution in [3.63, 3.8) is 0 Å². The molecule has 0 aliphatic heterocycles. The van der Waals surface area contributed by atoms with Gasteiger partial charge < -0.3 is 5.73 Å². The van der Waals surface area contributed by atoms with Crippen LogP contribution in [-0.4, -0.2) is 6.54 Å². The molecule has 1 saturated carbocycles. The fourth-order valence-electron chi connectivity index (χ4n) is 1.96. The highest BCUT2D eigenvalue weighted by atomic mass is 35.5. The van der Waals surface area contributed by atoms with Crippen LogP contribution in [0.3, 0.4) is 0 Å². The van der Waals surface area contributed by atoms with Gasteiger partial charge in [0, 0.05) is 12.0 Å². The molecule has 0 amide bonds. The Balaban J connectivity index is 2.50. The predicted octanol–water partition coefficient (Wildman–Crippen LogP) is 2.78. The van der Waals surface area contributed by atoms with Gasteiger partial charge in [-0.1, -0.05) is 17.7 Å². The molecule has 2 rings (SSSR count). The fourth-order valence-corrected chi connectivity index (χ4v) is 2.13. The van der Waals surface area contributed by atoms with Gasteiger partial charge in [-0.2, -0.15) is 0 Å². The van der Waals surface area contributed by atoms with E-state index in [1.54, 1.807) is 0 Å². The van der Waals surface area contributed by atoms with Crippen molar-refractivity contribution >= 4 is 11.6 Å². The summed E-state index contributed by atoms with van der Waals surface area (Å²) in [5.41, 5.74) is 7.77. The zero-order valence-electron chi connectivity index (χ0n) is 8.11. The average molecular weight is 214 g/mol. The molecule has 0 radical (unpaired) electrons. The minimum absolute atomic E-state index is 0.0847. The first-order valence-electron chi connectivity index (χ1n) is 4.76. The number of nitrogens with two attached hydrogens (primary N) is 1. The van der Waals surface area contributed by atoms with Crippen LogP contribution in [0.2, 0.25) is 5.02 Å². The molecule has 76 valence electrons. The molecule has 0 unspecified atom stereocenters. The second-order valence-electron chi connectivity index (χ2n) is 4.02. The minimum Gasteiger partial charge on any atom is -0.330 e. The molecule has 14 heavy (non-hydrogen) atoms. The molecule has 1 fully saturated rings. The number of rotatable bonds is 2. The van der Waals surface area contributed by atoms with Gasteiger partial charge in [-0.3, -0.25) is 0 Å². The smallest absolute Gasteiger partial charge is 0.142 e. The summed E-state index contributed by atoms with van der Waals surface area (Å²) in [4.78, 5) is 0. The van der Waals surface area contributed by atoms with Crippen molar-refractivity contribution in [2.75, 3.05) is 6.54 Å². The van der Waals surface area contributed by atoms with Gasteiger partial charge in [0.2, 0.25) is 0 Å². The first-order valence-corrected chi connectivity index (χ1v) is 5.14. The lowest BCUT2D eigenvalue weighted by atomic mass is 9.92. The van der Waals surface area contributed by atoms with E-state index in [-0.39, 0.29) is 16.3 Å². The second-order valence-corrected chi connectivity index (χ2v) is 4.40. The summed E-state index contributed by atoms with van der Waals surface area (Å²) < 4.78 is 13.1. The van der Waals surface area contributed by atoms with Crippen LogP contribution in [0.15, 0.2) is 12.1 Å². The lowest BCUT2D eigenvalue weighted by Gasteiger charge is -2.16. The van der Waals surface area contributed by atoms with E-state index < -0.39 is 0 Å². The molecule has 0 saturated heterocycles. The quantitative estimate of drug-likeness (QED) is 0.804. The Kier molecular flexibility index (Phi) is 2.28. The first kappa shape index (κ1) is 9.94. The Labute approximate surface area is 88.1 Å². The Morgan fingerprint density at radius 3 is 2.64 bits per heavy atom. The molecule has 0 heterocycles. The fraction of sp³-hybridized carbons (Fsp3) is 0.455. The van der Waals surface area contributed by atoms with Gasteiger partial charge in [-0.15, -0.1) is 0 Å². The molecule has 1 aromatic rings. The standard InChI is InChI=1S/C11H13ClFN/c1-7-8(11(6-14)4-5-11)2-3-9(13)10(7)12/h2-3H,4-6,14H2,1H3. The molecule has 0 bridgehead atoms. The summed E-state index contributed by atoms with van der Waals surface area (Å²) in [6.45, 7) is 2.48. The Morgan fingerprint density at radius 2 is 2.14 bits per heavy atom. The maximum absolute atomic E-state index is 13.1. The van der Waals surface area contributed by atoms with Gasteiger partial charge >= 0.3 is 0 Å². The molecule has 0 atom stereocenters. The van der Waals surface area contributed by atoms with Crippen LogP contribution >= 0.6 is 11.6 Å². The molecule has 1 aromatic carbocycles. The van der Waals surface area contributed by atoms with Crippen LogP contribution in [0.4, 0.5) is 4.39 Å². The van der Waals surface area contributed by atoms with Crippen molar-refractivity contribution in [3.8, 4) is 0 Å². The Hall–Kier alpha value is -0.600. The zero-order valence-corrected chi connectivity index (χ0v) is 8.87. The van der Waals surface area contributed by atoms with Crippen molar-refractivity contribution in [2.24, 2.45) is 5.73 Å². The highest BCUT2D eigenvalue weighted by molar-refractivity contribution is 6.31. The van der Waals surface area contributed by atoms with Crippen LogP contribution in [-0.2, 0) is 5.41 Å². The number of hydrogen-bond donors (Lipinski definition) is 1. The van der Waals surface area contributed by atoms with Gasteiger partial charge in [0.25, 0.3) is 0 Å². The topological polar surface area (TPSA) is 26.0 Å². The van der Waals surface area contributed by atoms with E-state index in [2.05, 4.69) is 0 Å². The van der Waals surface area contributed by atoms with Crippen LogP contribution in [0.5, 0.6) is 0 Å². The van der Waals surface area contributed by atoms with E-state index in [0.717, 1.165) is 24.0 Å². The van der Waals surface area contributed by atoms with E-state index in [0.29, 0.717) is 6.54 Å². The summed E-state index contributed by atoms with van der Waals surface area (Å²) in [5, 5.41) is 0.238. The molecule has 2 N–H and O–H groups in total. The second kappa shape index (κ2) is 3.21. The number of hydrogen-bond acceptors (Lipinski definition) is 1. The average Bonchev–Trinajstić information content (AvgIpc) is 2.95. The summed E-state index contributed by atoms with van der Waals surface area (Å²) in [6.07, 6.45) is 2.18. The van der Waals surface area contributed by atoms with Crippen LogP contribution in [0, 0.1) is 12.7 Å². The summed E-state index contributed by atoms with van der Waals surface area (Å²) in [7, 11) is 0. The SMILES string of the molecule is Cc1c(C2(CN)CC2)ccc(F)c1Cl. The molecule has 1 aliphatic carbocycles. The third-order valence-electron chi connectivity index (χ3n) is 3.15. The van der Waals surface area contributed by atoms with Gasteiger partial charge in [0.05, 0.1) is 5.02 Å². The predicted molar refractivity (Wildman–Crippen MR) is 56.1 cm³/mol. The Bertz CT molecular complexity index is 372. The van der Waals surface area contributed by atoms with Gasteiger partial charge in [0.15, 0.2) is 0 Å². The van der Waals surface area contributed by atoms with Crippen LogP contribution < -0.4 is 5.73 Å². The third kappa shape index (κ3) is 1.33. The number of benzene rings is 1.